The van der Waals surface area contributed by atoms with Gasteiger partial charge in [-0.1, -0.05) is 105 Å². The second-order valence-electron chi connectivity index (χ2n) is 9.27. The molecule has 8 N–H and O–H groups in total. The molecule has 0 radical (unpaired) electrons. The van der Waals surface area contributed by atoms with Crippen LogP contribution in [0.25, 0.3) is 0 Å². The summed E-state index contributed by atoms with van der Waals surface area (Å²) >= 11 is 0. The lowest BCUT2D eigenvalue weighted by Crippen LogP contribution is -2.30. The average Bonchev–Trinajstić information content (AvgIpc) is 2.98. The number of carbonyl (C=O) groups excluding carboxylic acids is 1. The predicted octanol–water partition coefficient (Wildman–Crippen LogP) is 4.87. The highest BCUT2D eigenvalue weighted by molar-refractivity contribution is 5.74. The van der Waals surface area contributed by atoms with E-state index < -0.39 is 18.0 Å². The van der Waals surface area contributed by atoms with E-state index in [0.717, 1.165) is 36.8 Å². The highest BCUT2D eigenvalue weighted by atomic mass is 16.4. The molecule has 8 nitrogen and oxygen atoms in total. The van der Waals surface area contributed by atoms with E-state index in [1.165, 1.54) is 30.4 Å². The third kappa shape index (κ3) is 21.6. The fourth-order valence-electron chi connectivity index (χ4n) is 3.39. The topological polar surface area (TPSA) is 170 Å². The summed E-state index contributed by atoms with van der Waals surface area (Å²) in [5, 5.41) is 16.6. The van der Waals surface area contributed by atoms with Crippen LogP contribution in [0, 0.1) is 0 Å². The number of aldehydes is 1. The number of nitrogens with two attached hydrogens (primary N) is 3. The number of carboxylic acid groups (broad SMARTS) is 2. The molecule has 3 aromatic rings. The zero-order chi connectivity index (χ0) is 30.7. The summed E-state index contributed by atoms with van der Waals surface area (Å²) in [4.78, 5) is 30.6. The van der Waals surface area contributed by atoms with Crippen LogP contribution in [0.5, 0.6) is 0 Å². The van der Waals surface area contributed by atoms with Gasteiger partial charge < -0.3 is 27.4 Å². The van der Waals surface area contributed by atoms with Crippen molar-refractivity contribution in [3.05, 3.63) is 107 Å². The lowest BCUT2D eigenvalue weighted by atomic mass is 10.1. The van der Waals surface area contributed by atoms with Gasteiger partial charge in [0, 0.05) is 5.56 Å². The molecule has 0 aliphatic rings. The van der Waals surface area contributed by atoms with Crippen LogP contribution in [0.4, 0.5) is 0 Å². The summed E-state index contributed by atoms with van der Waals surface area (Å²) in [5.74, 6) is -1.74. The molecule has 0 aromatic heterocycles. The summed E-state index contributed by atoms with van der Waals surface area (Å²) < 4.78 is 0. The number of hydrogen-bond donors (Lipinski definition) is 5. The van der Waals surface area contributed by atoms with Crippen molar-refractivity contribution in [1.29, 1.82) is 0 Å². The lowest BCUT2D eigenvalue weighted by molar-refractivity contribution is -0.139. The largest absolute Gasteiger partial charge is 0.481 e. The summed E-state index contributed by atoms with van der Waals surface area (Å²) in [6, 6.07) is 26.5. The van der Waals surface area contributed by atoms with Crippen LogP contribution in [0.1, 0.15) is 66.1 Å². The van der Waals surface area contributed by atoms with Crippen molar-refractivity contribution in [2.24, 2.45) is 17.2 Å². The minimum Gasteiger partial charge on any atom is -0.481 e. The van der Waals surface area contributed by atoms with Gasteiger partial charge >= 0.3 is 11.9 Å². The Morgan fingerprint density at radius 2 is 1.27 bits per heavy atom. The van der Waals surface area contributed by atoms with Gasteiger partial charge in [-0.05, 0) is 61.9 Å². The average molecular weight is 566 g/mol. The number of aryl methyl sites for hydroxylation is 1. The smallest absolute Gasteiger partial charge is 0.320 e. The van der Waals surface area contributed by atoms with Crippen LogP contribution in [0.2, 0.25) is 0 Å². The molecule has 0 saturated carbocycles. The molecule has 0 heterocycles. The standard InChI is InChI=1S/C12H16O.C8H11N.C8H8O2.C5H12N2O2/c1-2-3-4-5-11-6-8-12(10-13)9-7-11;9-7-6-8-4-2-1-3-5-8;9-8(10)6-7-4-2-1-3-5-7;6-3-1-2-4(7)5(8)9/h6-10H,2-5H2,1H3;1-5H,6-7,9H2;1-5H,6H2,(H,9,10);4H,1-3,6-7H2,(H,8,9). The molecule has 0 aliphatic heterocycles. The van der Waals surface area contributed by atoms with E-state index in [1.807, 2.05) is 60.7 Å². The van der Waals surface area contributed by atoms with Gasteiger partial charge in [-0.2, -0.15) is 0 Å². The number of carboxylic acids is 2. The number of benzene rings is 3. The molecule has 0 bridgehead atoms. The molecule has 0 spiro atoms. The first kappa shape index (κ1) is 37.1. The first-order valence-electron chi connectivity index (χ1n) is 14.0. The maximum absolute atomic E-state index is 10.4. The van der Waals surface area contributed by atoms with E-state index in [9.17, 15) is 14.4 Å². The Bertz CT molecular complexity index is 1060. The monoisotopic (exact) mass is 565 g/mol. The van der Waals surface area contributed by atoms with Crippen molar-refractivity contribution in [2.75, 3.05) is 13.1 Å². The third-order valence-electron chi connectivity index (χ3n) is 5.70. The zero-order valence-electron chi connectivity index (χ0n) is 24.2. The minimum atomic E-state index is -0.955. The maximum Gasteiger partial charge on any atom is 0.320 e. The van der Waals surface area contributed by atoms with Crippen LogP contribution in [-0.4, -0.2) is 47.6 Å². The predicted molar refractivity (Wildman–Crippen MR) is 166 cm³/mol. The molecular weight excluding hydrogens is 518 g/mol. The number of hydrogen-bond acceptors (Lipinski definition) is 6. The zero-order valence-corrected chi connectivity index (χ0v) is 24.2. The van der Waals surface area contributed by atoms with Crippen LogP contribution in [-0.2, 0) is 28.9 Å². The van der Waals surface area contributed by atoms with Gasteiger partial charge in [-0.3, -0.25) is 14.4 Å². The van der Waals surface area contributed by atoms with Gasteiger partial charge in [0.25, 0.3) is 0 Å². The number of carbonyl (C=O) groups is 3. The van der Waals surface area contributed by atoms with Crippen molar-refractivity contribution in [3.8, 4) is 0 Å². The van der Waals surface area contributed by atoms with Crippen molar-refractivity contribution >= 4 is 18.2 Å². The van der Waals surface area contributed by atoms with Crippen LogP contribution < -0.4 is 17.2 Å². The summed E-state index contributed by atoms with van der Waals surface area (Å²) in [5.41, 5.74) is 19.9. The Morgan fingerprint density at radius 3 is 1.71 bits per heavy atom. The van der Waals surface area contributed by atoms with Crippen molar-refractivity contribution in [3.63, 3.8) is 0 Å². The van der Waals surface area contributed by atoms with Gasteiger partial charge in [0.05, 0.1) is 6.42 Å². The molecule has 224 valence electrons. The first-order valence-corrected chi connectivity index (χ1v) is 14.0. The van der Waals surface area contributed by atoms with Gasteiger partial charge in [0.1, 0.15) is 12.3 Å². The van der Waals surface area contributed by atoms with Gasteiger partial charge in [-0.25, -0.2) is 0 Å². The molecule has 0 saturated heterocycles. The number of aliphatic carboxylic acids is 2. The highest BCUT2D eigenvalue weighted by Gasteiger charge is 2.08. The van der Waals surface area contributed by atoms with E-state index in [-0.39, 0.29) is 6.42 Å². The molecule has 3 aromatic carbocycles. The Kier molecular flexibility index (Phi) is 22.8. The normalized spacial score (nSPS) is 10.3. The Labute approximate surface area is 244 Å². The second kappa shape index (κ2) is 25.1. The summed E-state index contributed by atoms with van der Waals surface area (Å²) in [6.45, 7) is 3.44. The van der Waals surface area contributed by atoms with Crippen LogP contribution >= 0.6 is 0 Å². The Hall–Kier alpha value is -3.85. The molecule has 41 heavy (non-hydrogen) atoms. The van der Waals surface area contributed by atoms with Crippen molar-refractivity contribution in [1.82, 2.24) is 0 Å². The van der Waals surface area contributed by atoms with E-state index in [1.54, 1.807) is 12.1 Å². The van der Waals surface area contributed by atoms with E-state index >= 15 is 0 Å². The van der Waals surface area contributed by atoms with Crippen LogP contribution in [0.3, 0.4) is 0 Å². The van der Waals surface area contributed by atoms with Crippen molar-refractivity contribution < 1.29 is 24.6 Å². The molecule has 8 heteroatoms. The molecule has 0 amide bonds. The van der Waals surface area contributed by atoms with Gasteiger partial charge in [0.15, 0.2) is 0 Å². The number of rotatable bonds is 13. The number of unbranched alkanes of at least 4 members (excludes halogenated alkanes) is 2. The molecule has 1 unspecified atom stereocenters. The fraction of sp³-hybridized carbons (Fsp3) is 0.364. The fourth-order valence-corrected chi connectivity index (χ4v) is 3.39. The summed E-state index contributed by atoms with van der Waals surface area (Å²) in [7, 11) is 0. The molecular formula is C33H47N3O5. The first-order chi connectivity index (χ1) is 19.8. The lowest BCUT2D eigenvalue weighted by Gasteiger charge is -2.02. The molecule has 0 fully saturated rings. The second-order valence-corrected chi connectivity index (χ2v) is 9.27. The molecule has 3 rings (SSSR count). The van der Waals surface area contributed by atoms with Gasteiger partial charge in [0.2, 0.25) is 0 Å². The highest BCUT2D eigenvalue weighted by Crippen LogP contribution is 2.07. The van der Waals surface area contributed by atoms with E-state index in [4.69, 9.17) is 27.4 Å². The quantitative estimate of drug-likeness (QED) is 0.144. The van der Waals surface area contributed by atoms with Crippen LogP contribution in [0.15, 0.2) is 84.9 Å². The van der Waals surface area contributed by atoms with E-state index in [0.29, 0.717) is 19.4 Å². The molecule has 1 atom stereocenters. The maximum atomic E-state index is 10.4. The van der Waals surface area contributed by atoms with Gasteiger partial charge in [-0.15, -0.1) is 0 Å². The van der Waals surface area contributed by atoms with E-state index in [2.05, 4.69) is 19.1 Å². The Balaban J connectivity index is 0.000000527. The SMILES string of the molecule is CCCCCc1ccc(C=O)cc1.NCCCC(N)C(=O)O.NCCc1ccccc1.O=C(O)Cc1ccccc1. The Morgan fingerprint density at radius 1 is 0.732 bits per heavy atom. The molecule has 0 aliphatic carbocycles. The third-order valence-corrected chi connectivity index (χ3v) is 5.70. The van der Waals surface area contributed by atoms with Crippen molar-refractivity contribution in [2.45, 2.75) is 64.3 Å². The summed E-state index contributed by atoms with van der Waals surface area (Å²) in [6.07, 6.45) is 8.04. The minimum absolute atomic E-state index is 0.112.